The molecule has 1 aliphatic rings. The van der Waals surface area contributed by atoms with E-state index in [1.54, 1.807) is 29.2 Å². The van der Waals surface area contributed by atoms with E-state index in [1.807, 2.05) is 0 Å². The van der Waals surface area contributed by atoms with E-state index in [9.17, 15) is 14.4 Å². The van der Waals surface area contributed by atoms with E-state index in [-0.39, 0.29) is 17.7 Å². The van der Waals surface area contributed by atoms with E-state index in [1.165, 1.54) is 6.92 Å². The van der Waals surface area contributed by atoms with Gasteiger partial charge in [-0.2, -0.15) is 0 Å². The van der Waals surface area contributed by atoms with Crippen LogP contribution in [0.15, 0.2) is 24.3 Å². The first kappa shape index (κ1) is 19.0. The zero-order valence-electron chi connectivity index (χ0n) is 15.2. The minimum atomic E-state index is -0.428. The summed E-state index contributed by atoms with van der Waals surface area (Å²) in [6.07, 6.45) is 2.40. The maximum absolute atomic E-state index is 12.5. The molecule has 1 saturated heterocycles. The van der Waals surface area contributed by atoms with Gasteiger partial charge in [-0.25, -0.2) is 4.79 Å². The first-order valence-corrected chi connectivity index (χ1v) is 8.85. The molecule has 0 saturated carbocycles. The lowest BCUT2D eigenvalue weighted by Crippen LogP contribution is -2.47. The Balaban J connectivity index is 1.96. The zero-order valence-corrected chi connectivity index (χ0v) is 15.2. The van der Waals surface area contributed by atoms with Crippen LogP contribution in [0.1, 0.15) is 50.4 Å². The third-order valence-corrected chi connectivity index (χ3v) is 4.36. The van der Waals surface area contributed by atoms with Crippen molar-refractivity contribution in [3.05, 3.63) is 29.8 Å². The maximum atomic E-state index is 12.5. The predicted octanol–water partition coefficient (Wildman–Crippen LogP) is 3.05. The summed E-state index contributed by atoms with van der Waals surface area (Å²) in [7, 11) is 0. The number of hydrogen-bond acceptors (Lipinski definition) is 3. The number of hydrogen-bond donors (Lipinski definition) is 2. The first-order valence-electron chi connectivity index (χ1n) is 8.85. The molecule has 0 aromatic heterocycles. The Labute approximate surface area is 149 Å². The fourth-order valence-electron chi connectivity index (χ4n) is 2.90. The van der Waals surface area contributed by atoms with Crippen LogP contribution in [-0.2, 0) is 4.79 Å². The van der Waals surface area contributed by atoms with Gasteiger partial charge in [-0.3, -0.25) is 9.59 Å². The Kier molecular flexibility index (Phi) is 6.56. The Morgan fingerprint density at radius 1 is 1.28 bits per heavy atom. The van der Waals surface area contributed by atoms with Gasteiger partial charge in [-0.15, -0.1) is 0 Å². The van der Waals surface area contributed by atoms with Crippen LogP contribution >= 0.6 is 0 Å². The highest BCUT2D eigenvalue weighted by atomic mass is 16.2. The third-order valence-electron chi connectivity index (χ3n) is 4.36. The second kappa shape index (κ2) is 8.65. The van der Waals surface area contributed by atoms with E-state index in [4.69, 9.17) is 0 Å². The van der Waals surface area contributed by atoms with Gasteiger partial charge in [0.05, 0.1) is 0 Å². The Hall–Kier alpha value is -2.37. The molecule has 1 aromatic rings. The largest absolute Gasteiger partial charge is 0.354 e. The summed E-state index contributed by atoms with van der Waals surface area (Å²) in [4.78, 5) is 37.9. The van der Waals surface area contributed by atoms with Crippen molar-refractivity contribution in [2.24, 2.45) is 5.92 Å². The smallest absolute Gasteiger partial charge is 0.322 e. The molecule has 6 heteroatoms. The molecule has 1 aromatic carbocycles. The lowest BCUT2D eigenvalue weighted by Gasteiger charge is -2.24. The molecule has 0 unspecified atom stereocenters. The average molecular weight is 345 g/mol. The molecule has 0 spiro atoms. The molecule has 2 N–H and O–H groups in total. The SMILES string of the molecule is CC(=O)c1cccc(NC(=O)N2CCC[C@@H]2C(=O)NCCC(C)C)c1. The van der Waals surface area contributed by atoms with Crippen LogP contribution < -0.4 is 10.6 Å². The second-order valence-electron chi connectivity index (χ2n) is 6.89. The number of amides is 3. The summed E-state index contributed by atoms with van der Waals surface area (Å²) in [6.45, 7) is 6.88. The maximum Gasteiger partial charge on any atom is 0.322 e. The highest BCUT2D eigenvalue weighted by molar-refractivity contribution is 5.97. The van der Waals surface area contributed by atoms with Crippen molar-refractivity contribution in [2.45, 2.75) is 46.1 Å². The summed E-state index contributed by atoms with van der Waals surface area (Å²) >= 11 is 0. The molecule has 136 valence electrons. The van der Waals surface area contributed by atoms with Crippen LogP contribution in [-0.4, -0.2) is 41.8 Å². The molecule has 2 rings (SSSR count). The number of urea groups is 1. The van der Waals surface area contributed by atoms with Crippen molar-refractivity contribution in [3.8, 4) is 0 Å². The number of nitrogens with zero attached hydrogens (tertiary/aromatic N) is 1. The van der Waals surface area contributed by atoms with Gasteiger partial charge < -0.3 is 15.5 Å². The van der Waals surface area contributed by atoms with Gasteiger partial charge in [0.1, 0.15) is 6.04 Å². The second-order valence-corrected chi connectivity index (χ2v) is 6.89. The normalized spacial score (nSPS) is 16.8. The fraction of sp³-hybridized carbons (Fsp3) is 0.526. The highest BCUT2D eigenvalue weighted by Gasteiger charge is 2.34. The predicted molar refractivity (Wildman–Crippen MR) is 97.7 cm³/mol. The van der Waals surface area contributed by atoms with Crippen molar-refractivity contribution in [1.29, 1.82) is 0 Å². The lowest BCUT2D eigenvalue weighted by molar-refractivity contribution is -0.124. The zero-order chi connectivity index (χ0) is 18.4. The van der Waals surface area contributed by atoms with Gasteiger partial charge >= 0.3 is 6.03 Å². The lowest BCUT2D eigenvalue weighted by atomic mass is 10.1. The van der Waals surface area contributed by atoms with Gasteiger partial charge in [0.25, 0.3) is 0 Å². The van der Waals surface area contributed by atoms with Crippen LogP contribution in [0.3, 0.4) is 0 Å². The van der Waals surface area contributed by atoms with E-state index < -0.39 is 6.04 Å². The van der Waals surface area contributed by atoms with Crippen LogP contribution in [0.4, 0.5) is 10.5 Å². The quantitative estimate of drug-likeness (QED) is 0.778. The number of ketones is 1. The van der Waals surface area contributed by atoms with Crippen molar-refractivity contribution in [2.75, 3.05) is 18.4 Å². The standard InChI is InChI=1S/C19H27N3O3/c1-13(2)9-10-20-18(24)17-8-5-11-22(17)19(25)21-16-7-4-6-15(12-16)14(3)23/h4,6-7,12-13,17H,5,8-11H2,1-3H3,(H,20,24)(H,21,25)/t17-/m1/s1. The van der Waals surface area contributed by atoms with Gasteiger partial charge in [0.2, 0.25) is 5.91 Å². The number of nitrogens with one attached hydrogen (secondary N) is 2. The fourth-order valence-corrected chi connectivity index (χ4v) is 2.90. The number of anilines is 1. The minimum absolute atomic E-state index is 0.0559. The van der Waals surface area contributed by atoms with E-state index in [2.05, 4.69) is 24.5 Å². The Bertz CT molecular complexity index is 643. The molecule has 1 fully saturated rings. The van der Waals surface area contributed by atoms with Crippen LogP contribution in [0.5, 0.6) is 0 Å². The summed E-state index contributed by atoms with van der Waals surface area (Å²) in [5, 5.41) is 5.72. The monoisotopic (exact) mass is 345 g/mol. The average Bonchev–Trinajstić information content (AvgIpc) is 3.04. The van der Waals surface area contributed by atoms with Gasteiger partial charge in [0, 0.05) is 24.3 Å². The van der Waals surface area contributed by atoms with E-state index in [0.29, 0.717) is 36.7 Å². The molecule has 6 nitrogen and oxygen atoms in total. The Morgan fingerprint density at radius 3 is 2.72 bits per heavy atom. The van der Waals surface area contributed by atoms with Crippen LogP contribution in [0, 0.1) is 5.92 Å². The summed E-state index contributed by atoms with van der Waals surface area (Å²) < 4.78 is 0. The molecular weight excluding hydrogens is 318 g/mol. The topological polar surface area (TPSA) is 78.5 Å². The Morgan fingerprint density at radius 2 is 2.04 bits per heavy atom. The van der Waals surface area contributed by atoms with Crippen LogP contribution in [0.25, 0.3) is 0 Å². The molecule has 0 radical (unpaired) electrons. The summed E-state index contributed by atoms with van der Waals surface area (Å²) in [6, 6.07) is 6.09. The summed E-state index contributed by atoms with van der Waals surface area (Å²) in [5.41, 5.74) is 1.10. The van der Waals surface area contributed by atoms with Crippen molar-refractivity contribution >= 4 is 23.4 Å². The molecular formula is C19H27N3O3. The molecule has 0 aliphatic carbocycles. The van der Waals surface area contributed by atoms with Crippen molar-refractivity contribution in [1.82, 2.24) is 10.2 Å². The summed E-state index contributed by atoms with van der Waals surface area (Å²) in [5.74, 6) is 0.377. The molecule has 1 atom stereocenters. The molecule has 25 heavy (non-hydrogen) atoms. The number of benzene rings is 1. The third kappa shape index (κ3) is 5.31. The number of Topliss-reactive ketones (excluding diaryl/α,β-unsaturated/α-hetero) is 1. The first-order chi connectivity index (χ1) is 11.9. The number of carbonyl (C=O) groups is 3. The number of likely N-dealkylation sites (tertiary alicyclic amines) is 1. The molecule has 1 aliphatic heterocycles. The number of carbonyl (C=O) groups excluding carboxylic acids is 3. The molecule has 3 amide bonds. The number of rotatable bonds is 6. The van der Waals surface area contributed by atoms with Crippen LogP contribution in [0.2, 0.25) is 0 Å². The highest BCUT2D eigenvalue weighted by Crippen LogP contribution is 2.20. The van der Waals surface area contributed by atoms with E-state index in [0.717, 1.165) is 12.8 Å². The van der Waals surface area contributed by atoms with Crippen molar-refractivity contribution in [3.63, 3.8) is 0 Å². The van der Waals surface area contributed by atoms with Gasteiger partial charge in [-0.05, 0) is 44.2 Å². The minimum Gasteiger partial charge on any atom is -0.354 e. The van der Waals surface area contributed by atoms with Gasteiger partial charge in [0.15, 0.2) is 5.78 Å². The molecule has 0 bridgehead atoms. The molecule has 1 heterocycles. The van der Waals surface area contributed by atoms with E-state index >= 15 is 0 Å². The van der Waals surface area contributed by atoms with Gasteiger partial charge in [-0.1, -0.05) is 26.0 Å². The van der Waals surface area contributed by atoms with Crippen molar-refractivity contribution < 1.29 is 14.4 Å².